The number of benzene rings is 1. The van der Waals surface area contributed by atoms with Gasteiger partial charge >= 0.3 is 0 Å². The van der Waals surface area contributed by atoms with Gasteiger partial charge < -0.3 is 5.73 Å². The van der Waals surface area contributed by atoms with Gasteiger partial charge in [-0.05, 0) is 31.4 Å². The Balaban J connectivity index is 2.41. The van der Waals surface area contributed by atoms with Crippen molar-refractivity contribution in [2.75, 3.05) is 6.54 Å². The summed E-state index contributed by atoms with van der Waals surface area (Å²) < 4.78 is 26.9. The van der Waals surface area contributed by atoms with E-state index in [0.717, 1.165) is 19.3 Å². The molecule has 1 aliphatic heterocycles. The van der Waals surface area contributed by atoms with Crippen molar-refractivity contribution in [2.45, 2.75) is 43.7 Å². The average Bonchev–Trinajstić information content (AvgIpc) is 2.39. The smallest absolute Gasteiger partial charge is 0.243 e. The second-order valence-corrected chi connectivity index (χ2v) is 6.63. The first-order chi connectivity index (χ1) is 8.57. The summed E-state index contributed by atoms with van der Waals surface area (Å²) in [6.45, 7) is 2.84. The molecule has 18 heavy (non-hydrogen) atoms. The minimum atomic E-state index is -3.40. The lowest BCUT2D eigenvalue weighted by Gasteiger charge is -2.32. The molecular formula is C13H20N2O2S. The molecule has 0 saturated carbocycles. The van der Waals surface area contributed by atoms with Crippen LogP contribution < -0.4 is 5.73 Å². The summed E-state index contributed by atoms with van der Waals surface area (Å²) in [5.74, 6) is 0. The third-order valence-electron chi connectivity index (χ3n) is 3.52. The van der Waals surface area contributed by atoms with Crippen molar-refractivity contribution < 1.29 is 8.42 Å². The van der Waals surface area contributed by atoms with Crippen LogP contribution in [0.5, 0.6) is 0 Å². The number of nitrogens with zero attached hydrogens (tertiary/aromatic N) is 1. The van der Waals surface area contributed by atoms with E-state index in [0.29, 0.717) is 17.0 Å². The normalized spacial score (nSPS) is 22.0. The first kappa shape index (κ1) is 13.5. The molecule has 1 heterocycles. The molecule has 100 valence electrons. The number of hydrogen-bond donors (Lipinski definition) is 1. The van der Waals surface area contributed by atoms with E-state index in [1.165, 1.54) is 0 Å². The topological polar surface area (TPSA) is 63.4 Å². The summed E-state index contributed by atoms with van der Waals surface area (Å²) in [6.07, 6.45) is 2.98. The van der Waals surface area contributed by atoms with E-state index in [1.807, 2.05) is 13.0 Å². The van der Waals surface area contributed by atoms with Crippen LogP contribution in [0, 0.1) is 0 Å². The van der Waals surface area contributed by atoms with E-state index in [4.69, 9.17) is 5.73 Å². The van der Waals surface area contributed by atoms with Gasteiger partial charge in [0.05, 0.1) is 4.90 Å². The first-order valence-corrected chi connectivity index (χ1v) is 7.81. The van der Waals surface area contributed by atoms with Crippen LogP contribution in [0.15, 0.2) is 29.2 Å². The van der Waals surface area contributed by atoms with Gasteiger partial charge in [-0.3, -0.25) is 0 Å². The van der Waals surface area contributed by atoms with Crippen molar-refractivity contribution >= 4 is 10.0 Å². The predicted octanol–water partition coefficient (Wildman–Crippen LogP) is 1.71. The van der Waals surface area contributed by atoms with E-state index in [2.05, 4.69) is 0 Å². The van der Waals surface area contributed by atoms with Crippen LogP contribution in [0.3, 0.4) is 0 Å². The fourth-order valence-corrected chi connectivity index (χ4v) is 4.41. The third-order valence-corrected chi connectivity index (χ3v) is 5.64. The summed E-state index contributed by atoms with van der Waals surface area (Å²) in [5.41, 5.74) is 6.32. The van der Waals surface area contributed by atoms with Gasteiger partial charge in [0.1, 0.15) is 0 Å². The number of nitrogens with two attached hydrogens (primary N) is 1. The highest BCUT2D eigenvalue weighted by Crippen LogP contribution is 2.26. The molecule has 0 radical (unpaired) electrons. The Labute approximate surface area is 109 Å². The molecule has 1 fully saturated rings. The molecule has 1 atom stereocenters. The number of piperidine rings is 1. The molecule has 1 saturated heterocycles. The van der Waals surface area contributed by atoms with Gasteiger partial charge in [-0.25, -0.2) is 8.42 Å². The Hall–Kier alpha value is -0.910. The minimum Gasteiger partial charge on any atom is -0.326 e. The number of hydrogen-bond acceptors (Lipinski definition) is 3. The first-order valence-electron chi connectivity index (χ1n) is 6.37. The standard InChI is InChI=1S/C13H20N2O2S/c1-11-6-4-5-9-15(11)18(16,17)13-8-3-2-7-12(13)10-14/h2-3,7-8,11H,4-6,9-10,14H2,1H3/t11-/m0/s1. The summed E-state index contributed by atoms with van der Waals surface area (Å²) in [5, 5.41) is 0. The van der Waals surface area contributed by atoms with Crippen LogP contribution in [0.2, 0.25) is 0 Å². The molecule has 2 rings (SSSR count). The van der Waals surface area contributed by atoms with Crippen molar-refractivity contribution in [3.8, 4) is 0 Å². The fraction of sp³-hybridized carbons (Fsp3) is 0.538. The molecule has 4 nitrogen and oxygen atoms in total. The van der Waals surface area contributed by atoms with Crippen LogP contribution in [0.1, 0.15) is 31.7 Å². The molecule has 0 bridgehead atoms. The molecule has 0 amide bonds. The predicted molar refractivity (Wildman–Crippen MR) is 71.5 cm³/mol. The zero-order valence-corrected chi connectivity index (χ0v) is 11.5. The second-order valence-electron chi connectivity index (χ2n) is 4.77. The lowest BCUT2D eigenvalue weighted by atomic mass is 10.1. The molecule has 2 N–H and O–H groups in total. The molecule has 0 aliphatic carbocycles. The summed E-state index contributed by atoms with van der Waals surface area (Å²) >= 11 is 0. The van der Waals surface area contributed by atoms with Crippen molar-refractivity contribution in [3.05, 3.63) is 29.8 Å². The Morgan fingerprint density at radius 2 is 2.06 bits per heavy atom. The molecule has 0 spiro atoms. The van der Waals surface area contributed by atoms with Gasteiger partial charge in [0.2, 0.25) is 10.0 Å². The van der Waals surface area contributed by atoms with Crippen LogP contribution in [0.4, 0.5) is 0 Å². The minimum absolute atomic E-state index is 0.0783. The Kier molecular flexibility index (Phi) is 4.04. The van der Waals surface area contributed by atoms with Gasteiger partial charge in [-0.1, -0.05) is 24.6 Å². The summed E-state index contributed by atoms with van der Waals surface area (Å²) in [4.78, 5) is 0.362. The van der Waals surface area contributed by atoms with Gasteiger partial charge in [0.25, 0.3) is 0 Å². The monoisotopic (exact) mass is 268 g/mol. The van der Waals surface area contributed by atoms with E-state index in [9.17, 15) is 8.42 Å². The van der Waals surface area contributed by atoms with Gasteiger partial charge in [-0.2, -0.15) is 4.31 Å². The maximum Gasteiger partial charge on any atom is 0.243 e. The highest BCUT2D eigenvalue weighted by Gasteiger charge is 2.31. The average molecular weight is 268 g/mol. The maximum absolute atomic E-state index is 12.6. The maximum atomic E-state index is 12.6. The molecule has 0 unspecified atom stereocenters. The van der Waals surface area contributed by atoms with Crippen molar-refractivity contribution in [1.82, 2.24) is 4.31 Å². The highest BCUT2D eigenvalue weighted by molar-refractivity contribution is 7.89. The van der Waals surface area contributed by atoms with Crippen LogP contribution >= 0.6 is 0 Å². The lowest BCUT2D eigenvalue weighted by Crippen LogP contribution is -2.42. The zero-order chi connectivity index (χ0) is 13.2. The molecule has 1 aromatic rings. The fourth-order valence-electron chi connectivity index (χ4n) is 2.48. The molecular weight excluding hydrogens is 248 g/mol. The van der Waals surface area contributed by atoms with E-state index in [-0.39, 0.29) is 12.6 Å². The Morgan fingerprint density at radius 1 is 1.33 bits per heavy atom. The zero-order valence-electron chi connectivity index (χ0n) is 10.7. The summed E-state index contributed by atoms with van der Waals surface area (Å²) in [7, 11) is -3.40. The van der Waals surface area contributed by atoms with Crippen molar-refractivity contribution in [1.29, 1.82) is 0 Å². The second kappa shape index (κ2) is 5.38. The lowest BCUT2D eigenvalue weighted by molar-refractivity contribution is 0.268. The summed E-state index contributed by atoms with van der Waals surface area (Å²) in [6, 6.07) is 7.08. The van der Waals surface area contributed by atoms with Gasteiger partial charge in [0.15, 0.2) is 0 Å². The molecule has 0 aromatic heterocycles. The highest BCUT2D eigenvalue weighted by atomic mass is 32.2. The van der Waals surface area contributed by atoms with E-state index >= 15 is 0 Å². The largest absolute Gasteiger partial charge is 0.326 e. The number of rotatable bonds is 3. The van der Waals surface area contributed by atoms with Crippen LogP contribution in [-0.4, -0.2) is 25.3 Å². The van der Waals surface area contributed by atoms with Crippen molar-refractivity contribution in [3.63, 3.8) is 0 Å². The van der Waals surface area contributed by atoms with Crippen molar-refractivity contribution in [2.24, 2.45) is 5.73 Å². The van der Waals surface area contributed by atoms with Gasteiger partial charge in [-0.15, -0.1) is 0 Å². The van der Waals surface area contributed by atoms with E-state index in [1.54, 1.807) is 22.5 Å². The van der Waals surface area contributed by atoms with E-state index < -0.39 is 10.0 Å². The quantitative estimate of drug-likeness (QED) is 0.907. The van der Waals surface area contributed by atoms with Gasteiger partial charge in [0, 0.05) is 19.1 Å². The number of sulfonamides is 1. The molecule has 1 aromatic carbocycles. The Morgan fingerprint density at radius 3 is 2.72 bits per heavy atom. The van der Waals surface area contributed by atoms with Crippen LogP contribution in [-0.2, 0) is 16.6 Å². The molecule has 1 aliphatic rings. The SMILES string of the molecule is C[C@H]1CCCCN1S(=O)(=O)c1ccccc1CN. The Bertz CT molecular complexity index is 513. The van der Waals surface area contributed by atoms with Crippen LogP contribution in [0.25, 0.3) is 0 Å². The third kappa shape index (κ3) is 2.43. The molecule has 5 heteroatoms.